The van der Waals surface area contributed by atoms with Crippen LogP contribution in [0.15, 0.2) is 37.5 Å². The maximum absolute atomic E-state index is 10.8. The molecule has 0 N–H and O–H groups in total. The largest absolute Gasteiger partial charge is 0.338 e. The van der Waals surface area contributed by atoms with E-state index in [1.807, 2.05) is 6.26 Å². The van der Waals surface area contributed by atoms with Crippen molar-refractivity contribution in [2.24, 2.45) is 0 Å². The number of hydrogen-bond donors (Lipinski definition) is 0. The smallest absolute Gasteiger partial charge is 0.270 e. The van der Waals surface area contributed by atoms with Crippen LogP contribution < -0.4 is 0 Å². The van der Waals surface area contributed by atoms with Crippen molar-refractivity contribution in [2.75, 3.05) is 6.26 Å². The molecule has 8 nitrogen and oxygen atoms in total. The van der Waals surface area contributed by atoms with Gasteiger partial charge >= 0.3 is 0 Å². The molecule has 0 aliphatic heterocycles. The molecule has 2 heterocycles. The molecule has 0 radical (unpaired) electrons. The van der Waals surface area contributed by atoms with Crippen molar-refractivity contribution in [1.29, 1.82) is 0 Å². The fourth-order valence-electron chi connectivity index (χ4n) is 1.65. The van der Waals surface area contributed by atoms with E-state index in [4.69, 9.17) is 4.52 Å². The van der Waals surface area contributed by atoms with Gasteiger partial charge in [0, 0.05) is 17.7 Å². The van der Waals surface area contributed by atoms with Crippen LogP contribution in [0.1, 0.15) is 5.89 Å². The van der Waals surface area contributed by atoms with Crippen LogP contribution in [0.2, 0.25) is 0 Å². The van der Waals surface area contributed by atoms with Crippen molar-refractivity contribution >= 4 is 40.5 Å². The lowest BCUT2D eigenvalue weighted by molar-refractivity contribution is -0.384. The lowest BCUT2D eigenvalue weighted by Crippen LogP contribution is -1.89. The Morgan fingerprint density at radius 3 is 2.91 bits per heavy atom. The van der Waals surface area contributed by atoms with Crippen molar-refractivity contribution in [2.45, 2.75) is 14.4 Å². The number of nitro groups is 1. The van der Waals surface area contributed by atoms with E-state index < -0.39 is 4.92 Å². The first-order valence-electron chi connectivity index (χ1n) is 6.23. The molecule has 0 spiro atoms. The van der Waals surface area contributed by atoms with E-state index >= 15 is 0 Å². The Bertz CT molecular complexity index is 835. The first kappa shape index (κ1) is 15.9. The molecule has 11 heteroatoms. The van der Waals surface area contributed by atoms with Crippen molar-refractivity contribution in [3.8, 4) is 11.4 Å². The average molecular weight is 367 g/mol. The third-order valence-corrected chi connectivity index (χ3v) is 5.68. The molecule has 0 atom stereocenters. The lowest BCUT2D eigenvalue weighted by atomic mass is 10.2. The summed E-state index contributed by atoms with van der Waals surface area (Å²) in [5, 5.41) is 22.7. The van der Waals surface area contributed by atoms with Crippen LogP contribution in [0.5, 0.6) is 0 Å². The third kappa shape index (κ3) is 3.86. The van der Waals surface area contributed by atoms with E-state index in [1.165, 1.54) is 35.2 Å². The van der Waals surface area contributed by atoms with Gasteiger partial charge in [-0.15, -0.1) is 10.2 Å². The maximum atomic E-state index is 10.8. The third-order valence-electron chi connectivity index (χ3n) is 2.66. The second-order valence-electron chi connectivity index (χ2n) is 4.15. The highest BCUT2D eigenvalue weighted by molar-refractivity contribution is 8.02. The van der Waals surface area contributed by atoms with E-state index in [0.29, 0.717) is 23.0 Å². The fraction of sp³-hybridized carbons (Fsp3) is 0.167. The van der Waals surface area contributed by atoms with Gasteiger partial charge in [0.2, 0.25) is 11.7 Å². The van der Waals surface area contributed by atoms with Gasteiger partial charge in [-0.3, -0.25) is 10.1 Å². The van der Waals surface area contributed by atoms with Crippen LogP contribution in [0, 0.1) is 10.1 Å². The number of benzene rings is 1. The zero-order valence-corrected chi connectivity index (χ0v) is 14.2. The van der Waals surface area contributed by atoms with E-state index in [-0.39, 0.29) is 5.69 Å². The predicted octanol–water partition coefficient (Wildman–Crippen LogP) is 3.51. The molecule has 1 aromatic carbocycles. The molecule has 3 aromatic rings. The maximum Gasteiger partial charge on any atom is 0.270 e. The zero-order valence-electron chi connectivity index (χ0n) is 11.7. The average Bonchev–Trinajstić information content (AvgIpc) is 3.22. The van der Waals surface area contributed by atoms with Gasteiger partial charge in [-0.1, -0.05) is 52.1 Å². The highest BCUT2D eigenvalue weighted by Gasteiger charge is 2.13. The summed E-state index contributed by atoms with van der Waals surface area (Å²) in [6, 6.07) is 6.12. The summed E-state index contributed by atoms with van der Waals surface area (Å²) in [7, 11) is 0. The van der Waals surface area contributed by atoms with E-state index in [9.17, 15) is 10.1 Å². The molecule has 0 saturated heterocycles. The van der Waals surface area contributed by atoms with Gasteiger partial charge < -0.3 is 4.52 Å². The molecule has 0 aliphatic carbocycles. The summed E-state index contributed by atoms with van der Waals surface area (Å²) in [5.41, 5.74) is 0.529. The number of non-ortho nitro benzene ring substituents is 1. The van der Waals surface area contributed by atoms with Gasteiger partial charge in [-0.2, -0.15) is 4.98 Å². The van der Waals surface area contributed by atoms with Gasteiger partial charge in [0.15, 0.2) is 8.68 Å². The van der Waals surface area contributed by atoms with E-state index in [2.05, 4.69) is 20.3 Å². The molecule has 0 saturated carbocycles. The normalized spacial score (nSPS) is 10.8. The zero-order chi connectivity index (χ0) is 16.2. The van der Waals surface area contributed by atoms with Crippen LogP contribution in [-0.2, 0) is 5.75 Å². The molecule has 118 valence electrons. The number of thioether (sulfide) groups is 2. The standard InChI is InChI=1S/C12H9N5O3S3/c1-21-11-14-15-12(23-11)22-6-9-13-10(16-20-9)7-3-2-4-8(5-7)17(18)19/h2-5H,6H2,1H3. The van der Waals surface area contributed by atoms with Crippen LogP contribution in [-0.4, -0.2) is 31.5 Å². The van der Waals surface area contributed by atoms with Crippen LogP contribution >= 0.6 is 34.9 Å². The molecule has 2 aromatic heterocycles. The summed E-state index contributed by atoms with van der Waals surface area (Å²) in [4.78, 5) is 14.6. The molecular formula is C12H9N5O3S3. The first-order chi connectivity index (χ1) is 11.2. The van der Waals surface area contributed by atoms with Gasteiger partial charge in [0.05, 0.1) is 10.7 Å². The fourth-order valence-corrected chi connectivity index (χ4v) is 3.93. The number of aromatic nitrogens is 4. The van der Waals surface area contributed by atoms with Crippen LogP contribution in [0.3, 0.4) is 0 Å². The predicted molar refractivity (Wildman–Crippen MR) is 87.6 cm³/mol. The number of nitrogens with zero attached hydrogens (tertiary/aromatic N) is 5. The van der Waals surface area contributed by atoms with Gasteiger partial charge in [0.25, 0.3) is 5.69 Å². The number of hydrogen-bond acceptors (Lipinski definition) is 10. The molecule has 0 amide bonds. The Morgan fingerprint density at radius 1 is 1.35 bits per heavy atom. The first-order valence-corrected chi connectivity index (χ1v) is 9.26. The quantitative estimate of drug-likeness (QED) is 0.367. The van der Waals surface area contributed by atoms with Crippen LogP contribution in [0.4, 0.5) is 5.69 Å². The monoisotopic (exact) mass is 367 g/mol. The Labute approximate surface area is 142 Å². The van der Waals surface area contributed by atoms with Gasteiger partial charge in [-0.05, 0) is 6.26 Å². The Kier molecular flexibility index (Phi) is 4.88. The molecule has 3 rings (SSSR count). The minimum atomic E-state index is -0.459. The molecule has 0 bridgehead atoms. The minimum absolute atomic E-state index is 0.0123. The molecule has 0 aliphatic rings. The Balaban J connectivity index is 1.70. The SMILES string of the molecule is CSc1nnc(SCc2nc(-c3cccc([N+](=O)[O-])c3)no2)s1. The summed E-state index contributed by atoms with van der Waals surface area (Å²) >= 11 is 4.49. The van der Waals surface area contributed by atoms with Crippen molar-refractivity contribution < 1.29 is 9.45 Å². The molecule has 23 heavy (non-hydrogen) atoms. The van der Waals surface area contributed by atoms with E-state index in [0.717, 1.165) is 8.68 Å². The Morgan fingerprint density at radius 2 is 2.17 bits per heavy atom. The second-order valence-corrected chi connectivity index (χ2v) is 7.40. The molecule has 0 unspecified atom stereocenters. The van der Waals surface area contributed by atoms with Crippen molar-refractivity contribution in [3.63, 3.8) is 0 Å². The lowest BCUT2D eigenvalue weighted by Gasteiger charge is -1.94. The highest BCUT2D eigenvalue weighted by Crippen LogP contribution is 2.30. The topological polar surface area (TPSA) is 108 Å². The second kappa shape index (κ2) is 7.06. The number of nitro benzene ring substituents is 1. The van der Waals surface area contributed by atoms with Gasteiger partial charge in [-0.25, -0.2) is 0 Å². The number of rotatable bonds is 6. The summed E-state index contributed by atoms with van der Waals surface area (Å²) < 4.78 is 6.90. The van der Waals surface area contributed by atoms with Crippen molar-refractivity contribution in [3.05, 3.63) is 40.3 Å². The summed E-state index contributed by atoms with van der Waals surface area (Å²) in [5.74, 6) is 1.22. The van der Waals surface area contributed by atoms with Crippen molar-refractivity contribution in [1.82, 2.24) is 20.3 Å². The van der Waals surface area contributed by atoms with E-state index in [1.54, 1.807) is 23.9 Å². The van der Waals surface area contributed by atoms with Crippen LogP contribution in [0.25, 0.3) is 11.4 Å². The minimum Gasteiger partial charge on any atom is -0.338 e. The summed E-state index contributed by atoms with van der Waals surface area (Å²) in [6.07, 6.45) is 1.94. The molecular weight excluding hydrogens is 358 g/mol. The highest BCUT2D eigenvalue weighted by atomic mass is 32.2. The summed E-state index contributed by atoms with van der Waals surface area (Å²) in [6.45, 7) is 0. The Hall–Kier alpha value is -1.98. The molecule has 0 fully saturated rings. The van der Waals surface area contributed by atoms with Gasteiger partial charge in [0.1, 0.15) is 0 Å².